The SMILES string of the molecule is CNCC(C)Oc1c(I)cc(C#N)cc1[N+](=O)[O-]. The van der Waals surface area contributed by atoms with Crippen LogP contribution in [0.5, 0.6) is 5.75 Å². The molecule has 0 aliphatic carbocycles. The van der Waals surface area contributed by atoms with E-state index >= 15 is 0 Å². The number of likely N-dealkylation sites (N-methyl/N-ethyl adjacent to an activating group) is 1. The average molecular weight is 361 g/mol. The van der Waals surface area contributed by atoms with Crippen molar-refractivity contribution < 1.29 is 9.66 Å². The standard InChI is InChI=1S/C11H12IN3O3/c1-7(6-14-2)18-11-9(12)3-8(5-13)4-10(11)15(16)17/h3-4,7,14H,6H2,1-2H3. The highest BCUT2D eigenvalue weighted by atomic mass is 127. The molecule has 0 spiro atoms. The number of benzene rings is 1. The number of nitriles is 1. The Kier molecular flexibility index (Phi) is 5.30. The van der Waals surface area contributed by atoms with Crippen LogP contribution in [0.1, 0.15) is 12.5 Å². The summed E-state index contributed by atoms with van der Waals surface area (Å²) in [5, 5.41) is 22.7. The molecule has 0 saturated heterocycles. The third kappa shape index (κ3) is 3.54. The first-order chi connectivity index (χ1) is 8.49. The molecule has 1 N–H and O–H groups in total. The van der Waals surface area contributed by atoms with Gasteiger partial charge in [-0.15, -0.1) is 0 Å². The van der Waals surface area contributed by atoms with Crippen LogP contribution in [0.3, 0.4) is 0 Å². The molecule has 0 radical (unpaired) electrons. The van der Waals surface area contributed by atoms with Gasteiger partial charge >= 0.3 is 5.69 Å². The predicted octanol–water partition coefficient (Wildman–Crippen LogP) is 2.06. The van der Waals surface area contributed by atoms with E-state index in [1.165, 1.54) is 6.07 Å². The molecule has 0 amide bonds. The molecule has 0 aliphatic heterocycles. The number of ether oxygens (including phenoxy) is 1. The van der Waals surface area contributed by atoms with E-state index < -0.39 is 4.92 Å². The number of nitro groups is 1. The molecule has 18 heavy (non-hydrogen) atoms. The monoisotopic (exact) mass is 361 g/mol. The van der Waals surface area contributed by atoms with Crippen molar-refractivity contribution in [3.63, 3.8) is 0 Å². The van der Waals surface area contributed by atoms with Gasteiger partial charge in [0, 0.05) is 12.6 Å². The van der Waals surface area contributed by atoms with E-state index in [-0.39, 0.29) is 23.1 Å². The van der Waals surface area contributed by atoms with Gasteiger partial charge in [0.15, 0.2) is 0 Å². The first-order valence-corrected chi connectivity index (χ1v) is 6.26. The van der Waals surface area contributed by atoms with E-state index in [1.807, 2.05) is 35.6 Å². The van der Waals surface area contributed by atoms with Crippen LogP contribution in [0.2, 0.25) is 0 Å². The van der Waals surface area contributed by atoms with Crippen LogP contribution in [0.15, 0.2) is 12.1 Å². The zero-order valence-electron chi connectivity index (χ0n) is 9.94. The molecule has 1 rings (SSSR count). The lowest BCUT2D eigenvalue weighted by Gasteiger charge is -2.15. The topological polar surface area (TPSA) is 88.2 Å². The van der Waals surface area contributed by atoms with E-state index in [9.17, 15) is 10.1 Å². The maximum Gasteiger partial charge on any atom is 0.313 e. The van der Waals surface area contributed by atoms with Gasteiger partial charge in [-0.25, -0.2) is 0 Å². The number of hydrogen-bond donors (Lipinski definition) is 1. The van der Waals surface area contributed by atoms with Crippen LogP contribution < -0.4 is 10.1 Å². The van der Waals surface area contributed by atoms with Crippen LogP contribution in [0.25, 0.3) is 0 Å². The van der Waals surface area contributed by atoms with Gasteiger partial charge in [-0.2, -0.15) is 5.26 Å². The first kappa shape index (κ1) is 14.7. The second kappa shape index (κ2) is 6.51. The lowest BCUT2D eigenvalue weighted by molar-refractivity contribution is -0.386. The minimum atomic E-state index is -0.537. The molecule has 1 unspecified atom stereocenters. The van der Waals surface area contributed by atoms with Crippen molar-refractivity contribution in [1.29, 1.82) is 5.26 Å². The third-order valence-corrected chi connectivity index (χ3v) is 2.96. The summed E-state index contributed by atoms with van der Waals surface area (Å²) in [6.45, 7) is 2.39. The molecule has 0 aliphatic rings. The van der Waals surface area contributed by atoms with E-state index in [2.05, 4.69) is 5.32 Å². The summed E-state index contributed by atoms with van der Waals surface area (Å²) in [6.07, 6.45) is -0.199. The quantitative estimate of drug-likeness (QED) is 0.493. The summed E-state index contributed by atoms with van der Waals surface area (Å²) in [6, 6.07) is 4.68. The summed E-state index contributed by atoms with van der Waals surface area (Å²) in [7, 11) is 1.78. The van der Waals surface area contributed by atoms with Crippen molar-refractivity contribution in [2.24, 2.45) is 0 Å². The smallest absolute Gasteiger partial charge is 0.313 e. The summed E-state index contributed by atoms with van der Waals surface area (Å²) >= 11 is 1.93. The maximum atomic E-state index is 11.0. The molecule has 96 valence electrons. The Morgan fingerprint density at radius 3 is 2.83 bits per heavy atom. The molecule has 0 aromatic heterocycles. The Morgan fingerprint density at radius 2 is 2.33 bits per heavy atom. The summed E-state index contributed by atoms with van der Waals surface area (Å²) in [4.78, 5) is 10.4. The van der Waals surface area contributed by atoms with Crippen LogP contribution in [-0.4, -0.2) is 24.6 Å². The molecule has 6 nitrogen and oxygen atoms in total. The zero-order valence-corrected chi connectivity index (χ0v) is 12.1. The normalized spacial score (nSPS) is 11.7. The van der Waals surface area contributed by atoms with E-state index in [0.717, 1.165) is 0 Å². The highest BCUT2D eigenvalue weighted by Gasteiger charge is 2.22. The van der Waals surface area contributed by atoms with Crippen LogP contribution >= 0.6 is 22.6 Å². The Morgan fingerprint density at radius 1 is 1.67 bits per heavy atom. The van der Waals surface area contributed by atoms with Gasteiger partial charge in [0.25, 0.3) is 0 Å². The van der Waals surface area contributed by atoms with Crippen LogP contribution in [-0.2, 0) is 0 Å². The average Bonchev–Trinajstić information content (AvgIpc) is 2.31. The van der Waals surface area contributed by atoms with Crippen molar-refractivity contribution in [2.75, 3.05) is 13.6 Å². The minimum Gasteiger partial charge on any atom is -0.482 e. The van der Waals surface area contributed by atoms with Crippen molar-refractivity contribution in [3.05, 3.63) is 31.4 Å². The lowest BCUT2D eigenvalue weighted by atomic mass is 10.2. The molecule has 7 heteroatoms. The molecule has 0 fully saturated rings. The van der Waals surface area contributed by atoms with Gasteiger partial charge in [-0.05, 0) is 42.6 Å². The maximum absolute atomic E-state index is 11.0. The zero-order chi connectivity index (χ0) is 13.7. The Balaban J connectivity index is 3.17. The highest BCUT2D eigenvalue weighted by molar-refractivity contribution is 14.1. The first-order valence-electron chi connectivity index (χ1n) is 5.19. The Hall–Kier alpha value is -1.40. The fourth-order valence-corrected chi connectivity index (χ4v) is 2.17. The molecular weight excluding hydrogens is 349 g/mol. The Bertz CT molecular complexity index is 499. The number of rotatable bonds is 5. The van der Waals surface area contributed by atoms with Crippen LogP contribution in [0, 0.1) is 25.0 Å². The van der Waals surface area contributed by atoms with Crippen molar-refractivity contribution in [3.8, 4) is 11.8 Å². The van der Waals surface area contributed by atoms with Gasteiger partial charge < -0.3 is 10.1 Å². The second-order valence-electron chi connectivity index (χ2n) is 3.66. The van der Waals surface area contributed by atoms with Gasteiger partial charge in [-0.3, -0.25) is 10.1 Å². The molecule has 0 saturated carbocycles. The lowest BCUT2D eigenvalue weighted by Crippen LogP contribution is -2.26. The van der Waals surface area contributed by atoms with Gasteiger partial charge in [0.2, 0.25) is 5.75 Å². The molecular formula is C11H12IN3O3. The third-order valence-electron chi connectivity index (χ3n) is 2.16. The predicted molar refractivity (Wildman–Crippen MR) is 74.5 cm³/mol. The van der Waals surface area contributed by atoms with Gasteiger partial charge in [0.05, 0.1) is 20.1 Å². The fraction of sp³-hybridized carbons (Fsp3) is 0.364. The molecule has 1 aromatic rings. The number of hydrogen-bond acceptors (Lipinski definition) is 5. The fourth-order valence-electron chi connectivity index (χ4n) is 1.43. The summed E-state index contributed by atoms with van der Waals surface area (Å²) < 4.78 is 6.11. The van der Waals surface area contributed by atoms with Crippen molar-refractivity contribution >= 4 is 28.3 Å². The molecule has 1 atom stereocenters. The number of halogens is 1. The Labute approximate surface area is 118 Å². The minimum absolute atomic E-state index is 0.179. The summed E-state index contributed by atoms with van der Waals surface area (Å²) in [5.41, 5.74) is 0.0705. The van der Waals surface area contributed by atoms with Gasteiger partial charge in [0.1, 0.15) is 6.10 Å². The summed E-state index contributed by atoms with van der Waals surface area (Å²) in [5.74, 6) is 0.211. The molecule has 0 heterocycles. The molecule has 0 bridgehead atoms. The second-order valence-corrected chi connectivity index (χ2v) is 4.82. The number of nitrogens with zero attached hydrogens (tertiary/aromatic N) is 2. The number of nitro benzene ring substituents is 1. The van der Waals surface area contributed by atoms with Crippen molar-refractivity contribution in [2.45, 2.75) is 13.0 Å². The van der Waals surface area contributed by atoms with E-state index in [0.29, 0.717) is 10.1 Å². The highest BCUT2D eigenvalue weighted by Crippen LogP contribution is 2.34. The van der Waals surface area contributed by atoms with E-state index in [4.69, 9.17) is 10.00 Å². The van der Waals surface area contributed by atoms with E-state index in [1.54, 1.807) is 13.1 Å². The molecule has 1 aromatic carbocycles. The van der Waals surface area contributed by atoms with Crippen molar-refractivity contribution in [1.82, 2.24) is 5.32 Å². The van der Waals surface area contributed by atoms with Gasteiger partial charge in [-0.1, -0.05) is 0 Å². The number of nitrogens with one attached hydrogen (secondary N) is 1. The van der Waals surface area contributed by atoms with Crippen LogP contribution in [0.4, 0.5) is 5.69 Å². The largest absolute Gasteiger partial charge is 0.482 e.